The summed E-state index contributed by atoms with van der Waals surface area (Å²) in [4.78, 5) is 0. The second-order valence-corrected chi connectivity index (χ2v) is 20.6. The third kappa shape index (κ3) is 47.0. The molecule has 470 valence electrons. The van der Waals surface area contributed by atoms with Gasteiger partial charge in [-0.1, -0.05) is 169 Å². The fraction of sp³-hybridized carbons (Fsp3) is 1.00. The molecule has 0 rings (SSSR count). The fourth-order valence-electron chi connectivity index (χ4n) is 5.28. The Bertz CT molecular complexity index is 1320. The number of halogens is 27. The highest BCUT2D eigenvalue weighted by Crippen LogP contribution is 2.45. The molecule has 0 bridgehead atoms. The van der Waals surface area contributed by atoms with Gasteiger partial charge in [0.05, 0.1) is 22.7 Å². The monoisotopic (exact) mass is 1190 g/mol. The Balaban J connectivity index is -0.000000147. The van der Waals surface area contributed by atoms with Crippen molar-refractivity contribution in [2.75, 3.05) is 0 Å². The Labute approximate surface area is 433 Å². The van der Waals surface area contributed by atoms with Crippen LogP contribution in [-0.4, -0.2) is 55.6 Å². The SMILES string of the molecule is CC(C)C(C)(C)C(F)(F)F.CC(C)CC(C(F)(F)F)C(F)(F)F.CCCC(C)(C)C(F)(F)F.CCCCC(C(F)(F)F)C(F)(F)F.CCCC[C@H](C)C(F)(F)F.CCC[C@H](C)CC(F)(F)F.CC[C@H](C)C(C)C(F)(F)F. The highest BCUT2D eigenvalue weighted by Gasteiger charge is 2.57. The predicted octanol–water partition coefficient (Wildman–Crippen LogP) is 24.3. The van der Waals surface area contributed by atoms with Crippen LogP contribution in [0.15, 0.2) is 0 Å². The molecule has 76 heavy (non-hydrogen) atoms. The summed E-state index contributed by atoms with van der Waals surface area (Å²) in [6.07, 6.45) is -38.4. The zero-order chi connectivity index (χ0) is 63.3. The van der Waals surface area contributed by atoms with Gasteiger partial charge < -0.3 is 0 Å². The number of alkyl halides is 27. The summed E-state index contributed by atoms with van der Waals surface area (Å²) in [7, 11) is 0. The molecule has 0 aliphatic heterocycles. The van der Waals surface area contributed by atoms with Crippen LogP contribution in [-0.2, 0) is 0 Å². The Morgan fingerprint density at radius 3 is 0.882 bits per heavy atom. The van der Waals surface area contributed by atoms with Gasteiger partial charge in [-0.15, -0.1) is 0 Å². The number of unbranched alkanes of at least 4 members (excludes halogenated alkanes) is 2. The van der Waals surface area contributed by atoms with Crippen LogP contribution >= 0.6 is 0 Å². The molecule has 0 amide bonds. The van der Waals surface area contributed by atoms with Gasteiger partial charge in [0.25, 0.3) is 0 Å². The van der Waals surface area contributed by atoms with Crippen molar-refractivity contribution in [1.29, 1.82) is 0 Å². The molecule has 0 nitrogen and oxygen atoms in total. The molecule has 0 fully saturated rings. The van der Waals surface area contributed by atoms with Gasteiger partial charge in [-0.2, -0.15) is 119 Å². The molecule has 0 aromatic heterocycles. The Morgan fingerprint density at radius 2 is 0.724 bits per heavy atom. The second-order valence-electron chi connectivity index (χ2n) is 20.6. The molecule has 0 aliphatic carbocycles. The van der Waals surface area contributed by atoms with E-state index in [9.17, 15) is 119 Å². The van der Waals surface area contributed by atoms with Crippen molar-refractivity contribution in [2.45, 2.75) is 257 Å². The lowest BCUT2D eigenvalue weighted by Crippen LogP contribution is -2.37. The minimum Gasteiger partial charge on any atom is -0.171 e. The Morgan fingerprint density at radius 1 is 0.368 bits per heavy atom. The van der Waals surface area contributed by atoms with E-state index < -0.39 is 115 Å². The summed E-state index contributed by atoms with van der Waals surface area (Å²) in [5, 5.41) is 0. The zero-order valence-electron chi connectivity index (χ0n) is 46.5. The highest BCUT2D eigenvalue weighted by atomic mass is 19.4. The quantitative estimate of drug-likeness (QED) is 0.135. The molecule has 0 heterocycles. The van der Waals surface area contributed by atoms with Crippen molar-refractivity contribution in [3.63, 3.8) is 0 Å². The van der Waals surface area contributed by atoms with Gasteiger partial charge >= 0.3 is 55.6 Å². The first-order valence-corrected chi connectivity index (χ1v) is 24.7. The summed E-state index contributed by atoms with van der Waals surface area (Å²) in [5.74, 6) is -10.1. The minimum absolute atomic E-state index is 0.0658. The molecule has 4 atom stereocenters. The standard InChI is InChI=1S/2C7H10F6.5C7H13F3/c1-4(2)3-5(6(8,9)10)7(11,12)13;1-2-3-4-5(6(8,9)10)7(11,12)13;1-5(2)6(3,4)7(8,9)10;1-4-5-6(2,3)7(8,9)10;1-4-5(2)6(3)7(8,9)10;1-3-4-6(2)5-7(8,9)10;1-3-4-5-6(2)7(8,9)10/h4-5H,3H2,1-2H3;5H,2-4H2,1H3;5H,1-4H3;4-5H2,1-3H3;5-6H,4H2,1-3H3;2*6H,3-5H2,1-2H3/t;;;;5-,6?;2*6-/m....000/s1. The number of hydrogen-bond donors (Lipinski definition) is 0. The maximum absolute atomic E-state index is 12.1. The van der Waals surface area contributed by atoms with Crippen LogP contribution in [0.3, 0.4) is 0 Å². The average Bonchev–Trinajstić information content (AvgIpc) is 3.16. The van der Waals surface area contributed by atoms with Crippen molar-refractivity contribution >= 4 is 0 Å². The van der Waals surface area contributed by atoms with Crippen LogP contribution in [0.1, 0.15) is 201 Å². The number of hydrogen-bond acceptors (Lipinski definition) is 0. The molecule has 0 radical (unpaired) electrons. The topological polar surface area (TPSA) is 0 Å². The third-order valence-corrected chi connectivity index (χ3v) is 11.9. The van der Waals surface area contributed by atoms with E-state index in [1.807, 2.05) is 13.8 Å². The molecule has 0 aliphatic rings. The molecule has 0 saturated heterocycles. The summed E-state index contributed by atoms with van der Waals surface area (Å²) in [5.41, 5.74) is -3.07. The molecule has 1 unspecified atom stereocenters. The maximum atomic E-state index is 12.1. The van der Waals surface area contributed by atoms with Gasteiger partial charge in [-0.25, -0.2) is 0 Å². The van der Waals surface area contributed by atoms with Crippen LogP contribution in [0.4, 0.5) is 119 Å². The van der Waals surface area contributed by atoms with Crippen LogP contribution in [0.5, 0.6) is 0 Å². The van der Waals surface area contributed by atoms with E-state index in [1.54, 1.807) is 48.5 Å². The highest BCUT2D eigenvalue weighted by molar-refractivity contribution is 4.80. The summed E-state index contributed by atoms with van der Waals surface area (Å²) < 4.78 is 320. The predicted molar refractivity (Wildman–Crippen MR) is 244 cm³/mol. The third-order valence-electron chi connectivity index (χ3n) is 11.9. The summed E-state index contributed by atoms with van der Waals surface area (Å²) >= 11 is 0. The molecule has 0 saturated carbocycles. The molecule has 0 aromatic rings. The summed E-state index contributed by atoms with van der Waals surface area (Å²) in [6.45, 7) is 25.3. The molecular formula is C49H85F27. The van der Waals surface area contributed by atoms with Gasteiger partial charge in [0.15, 0.2) is 11.8 Å². The first-order valence-electron chi connectivity index (χ1n) is 24.7. The van der Waals surface area contributed by atoms with E-state index >= 15 is 0 Å². The molecule has 0 aromatic carbocycles. The zero-order valence-corrected chi connectivity index (χ0v) is 46.5. The van der Waals surface area contributed by atoms with Crippen molar-refractivity contribution in [3.8, 4) is 0 Å². The lowest BCUT2D eigenvalue weighted by atomic mass is 9.81. The first kappa shape index (κ1) is 88.0. The fourth-order valence-corrected chi connectivity index (χ4v) is 5.28. The van der Waals surface area contributed by atoms with Gasteiger partial charge in [0.1, 0.15) is 0 Å². The Hall–Kier alpha value is -1.89. The van der Waals surface area contributed by atoms with E-state index in [1.165, 1.54) is 55.4 Å². The average molecular weight is 1190 g/mol. The lowest BCUT2D eigenvalue weighted by Gasteiger charge is -2.31. The Kier molecular flexibility index (Phi) is 43.0. The normalized spacial score (nSPS) is 15.0. The second kappa shape index (κ2) is 37.2. The van der Waals surface area contributed by atoms with Crippen LogP contribution in [0, 0.1) is 58.2 Å². The van der Waals surface area contributed by atoms with Gasteiger partial charge in [-0.05, 0) is 49.4 Å². The molecule has 27 heteroatoms. The van der Waals surface area contributed by atoms with E-state index in [-0.39, 0.29) is 37.0 Å². The molecule has 0 N–H and O–H groups in total. The van der Waals surface area contributed by atoms with Gasteiger partial charge in [0, 0.05) is 6.42 Å². The molecule has 0 spiro atoms. The lowest BCUT2D eigenvalue weighted by molar-refractivity contribution is -0.288. The van der Waals surface area contributed by atoms with E-state index in [2.05, 4.69) is 0 Å². The first-order chi connectivity index (χ1) is 33.1. The van der Waals surface area contributed by atoms with Gasteiger partial charge in [-0.3, -0.25) is 0 Å². The maximum Gasteiger partial charge on any atom is 0.400 e. The van der Waals surface area contributed by atoms with Crippen molar-refractivity contribution in [1.82, 2.24) is 0 Å². The van der Waals surface area contributed by atoms with Gasteiger partial charge in [0.2, 0.25) is 0 Å². The van der Waals surface area contributed by atoms with E-state index in [0.29, 0.717) is 32.1 Å². The van der Waals surface area contributed by atoms with Crippen LogP contribution < -0.4 is 0 Å². The minimum atomic E-state index is -5.19. The van der Waals surface area contributed by atoms with Crippen LogP contribution in [0.25, 0.3) is 0 Å². The van der Waals surface area contributed by atoms with E-state index in [4.69, 9.17) is 0 Å². The van der Waals surface area contributed by atoms with Crippen molar-refractivity contribution in [3.05, 3.63) is 0 Å². The van der Waals surface area contributed by atoms with E-state index in [0.717, 1.165) is 12.8 Å². The summed E-state index contributed by atoms with van der Waals surface area (Å²) in [6, 6.07) is 0. The largest absolute Gasteiger partial charge is 0.400 e. The molecular weight excluding hydrogens is 1100 g/mol. The van der Waals surface area contributed by atoms with Crippen molar-refractivity contribution in [2.24, 2.45) is 58.2 Å². The van der Waals surface area contributed by atoms with Crippen molar-refractivity contribution < 1.29 is 119 Å². The van der Waals surface area contributed by atoms with Crippen LogP contribution in [0.2, 0.25) is 0 Å². The number of rotatable bonds is 16. The smallest absolute Gasteiger partial charge is 0.171 e.